The van der Waals surface area contributed by atoms with Gasteiger partial charge in [-0.1, -0.05) is 56.7 Å². The summed E-state index contributed by atoms with van der Waals surface area (Å²) in [7, 11) is 0. The number of rotatable bonds is 24. The third-order valence-corrected chi connectivity index (χ3v) is 12.0. The highest BCUT2D eigenvalue weighted by Gasteiger charge is 2.30. The van der Waals surface area contributed by atoms with E-state index in [0.29, 0.717) is 59.1 Å². The Labute approximate surface area is 425 Å². The van der Waals surface area contributed by atoms with Crippen LogP contribution in [-0.2, 0) is 48.4 Å². The van der Waals surface area contributed by atoms with Gasteiger partial charge in [-0.05, 0) is 86.6 Å². The number of pyridine rings is 2. The number of primary amides is 1. The number of nitrogens with two attached hydrogens (primary N) is 1. The van der Waals surface area contributed by atoms with Gasteiger partial charge in [0.05, 0.1) is 24.5 Å². The molecule has 8 amide bonds. The van der Waals surface area contributed by atoms with E-state index in [-0.39, 0.29) is 81.3 Å². The smallest absolute Gasteiger partial charge is 0.410 e. The second-order valence-electron chi connectivity index (χ2n) is 18.0. The zero-order valence-corrected chi connectivity index (χ0v) is 41.2. The molecule has 1 unspecified atom stereocenters. The highest BCUT2D eigenvalue weighted by molar-refractivity contribution is 6.12. The maximum absolute atomic E-state index is 15.1. The third kappa shape index (κ3) is 14.4. The highest BCUT2D eigenvalue weighted by Crippen LogP contribution is 2.30. The van der Waals surface area contributed by atoms with Crippen LogP contribution in [0.15, 0.2) is 104 Å². The number of amides is 8. The van der Waals surface area contributed by atoms with E-state index < -0.39 is 41.8 Å². The van der Waals surface area contributed by atoms with Gasteiger partial charge in [0.1, 0.15) is 42.4 Å². The summed E-state index contributed by atoms with van der Waals surface area (Å²) < 4.78 is 22.5. The highest BCUT2D eigenvalue weighted by atomic mass is 19.1. The average Bonchev–Trinajstić information content (AvgIpc) is 4.12. The van der Waals surface area contributed by atoms with Gasteiger partial charge in [0.2, 0.25) is 17.7 Å². The Balaban J connectivity index is 0.987. The summed E-state index contributed by atoms with van der Waals surface area (Å²) in [6.45, 7) is 5.33. The first-order chi connectivity index (χ1) is 35.6. The second-order valence-corrected chi connectivity index (χ2v) is 18.0. The number of halogens is 1. The topological polar surface area (TPSA) is 281 Å². The number of aromatic amines is 1. The number of aryl methyl sites for hydroxylation is 1. The molecule has 74 heavy (non-hydrogen) atoms. The lowest BCUT2D eigenvalue weighted by atomic mass is 10.0. The summed E-state index contributed by atoms with van der Waals surface area (Å²) in [5, 5.41) is 15.1. The van der Waals surface area contributed by atoms with E-state index in [4.69, 9.17) is 20.4 Å². The fraction of sp³-hybridized carbons (Fsp3) is 0.327. The Morgan fingerprint density at radius 2 is 1.62 bits per heavy atom. The molecule has 0 radical (unpaired) electrons. The van der Waals surface area contributed by atoms with Gasteiger partial charge in [0.25, 0.3) is 11.8 Å². The van der Waals surface area contributed by atoms with Crippen LogP contribution in [0.4, 0.5) is 19.7 Å². The zero-order valence-electron chi connectivity index (χ0n) is 41.2. The van der Waals surface area contributed by atoms with Crippen molar-refractivity contribution in [2.45, 2.75) is 91.1 Å². The van der Waals surface area contributed by atoms with E-state index in [9.17, 15) is 33.6 Å². The molecular formula is C52H58FN13O8. The SMILES string of the molecule is Cc1cccc(-c2nc(CN(Cc3ccccc3F)C(=O)OCc3ccc(NC(=O)C(CCCNC(N)=O)NC(=O)[C@@H](NC(=O)CCCCCN4C(=O)C=CC4=O)C(C)C)cc3)[nH]c2-c2ccc3ncnn3c2)n1. The van der Waals surface area contributed by atoms with E-state index in [1.807, 2.05) is 37.3 Å². The minimum atomic E-state index is -1.09. The summed E-state index contributed by atoms with van der Waals surface area (Å²) in [5.41, 5.74) is 10.3. The van der Waals surface area contributed by atoms with Gasteiger partial charge in [-0.2, -0.15) is 5.10 Å². The molecule has 4 aromatic heterocycles. The Morgan fingerprint density at radius 1 is 0.851 bits per heavy atom. The Morgan fingerprint density at radius 3 is 2.35 bits per heavy atom. The zero-order chi connectivity index (χ0) is 52.7. The maximum atomic E-state index is 15.1. The summed E-state index contributed by atoms with van der Waals surface area (Å²) >= 11 is 0. The number of ether oxygens (including phenoxy) is 1. The fourth-order valence-corrected chi connectivity index (χ4v) is 8.09. The summed E-state index contributed by atoms with van der Waals surface area (Å²) in [4.78, 5) is 109. The molecule has 386 valence electrons. The van der Waals surface area contributed by atoms with Crippen LogP contribution in [0.2, 0.25) is 0 Å². The Bertz CT molecular complexity index is 3010. The number of H-pyrrole nitrogens is 1. The van der Waals surface area contributed by atoms with Crippen LogP contribution in [0, 0.1) is 18.7 Å². The van der Waals surface area contributed by atoms with Gasteiger partial charge in [-0.25, -0.2) is 28.5 Å². The minimum Gasteiger partial charge on any atom is -0.445 e. The number of urea groups is 1. The lowest BCUT2D eigenvalue weighted by Crippen LogP contribution is -2.54. The first-order valence-corrected chi connectivity index (χ1v) is 24.2. The Hall–Kier alpha value is -8.82. The van der Waals surface area contributed by atoms with E-state index in [2.05, 4.69) is 36.3 Å². The molecule has 6 aromatic rings. The molecule has 0 bridgehead atoms. The van der Waals surface area contributed by atoms with Gasteiger partial charge in [-0.3, -0.25) is 38.8 Å². The van der Waals surface area contributed by atoms with E-state index in [0.717, 1.165) is 16.2 Å². The van der Waals surface area contributed by atoms with Gasteiger partial charge < -0.3 is 36.7 Å². The summed E-state index contributed by atoms with van der Waals surface area (Å²) in [6, 6.07) is 19.1. The summed E-state index contributed by atoms with van der Waals surface area (Å²) in [5.74, 6) is -2.74. The van der Waals surface area contributed by atoms with Crippen molar-refractivity contribution in [2.75, 3.05) is 18.4 Å². The number of unbranched alkanes of at least 4 members (excludes halogenated alkanes) is 2. The van der Waals surface area contributed by atoms with Crippen LogP contribution in [0.1, 0.15) is 75.0 Å². The number of imidazole rings is 1. The molecule has 22 heteroatoms. The molecule has 2 atom stereocenters. The predicted octanol–water partition coefficient (Wildman–Crippen LogP) is 5.47. The number of carbonyl (C=O) groups is 7. The molecule has 7 rings (SSSR count). The predicted molar refractivity (Wildman–Crippen MR) is 269 cm³/mol. The molecule has 0 fully saturated rings. The standard InChI is InChI=1S/C52H58FN13O8/c1-32(2)46(63-43(67)16-5-4-8-26-65-44(68)23-24-45(65)69)50(71)60-40(15-10-25-55-51(54)72)49(70)59-37-20-17-34(18-21-37)30-74-52(73)64(27-35-12-6-7-13-38(35)53)29-41-61-47(36-19-22-42-56-31-57-66(42)28-36)48(62-41)39-14-9-11-33(3)58-39/h6-7,9,11-14,17-24,28,31-32,40,46H,4-5,8,10,15-16,25-27,29-30H2,1-3H3,(H,59,70)(H,60,71)(H,61,62)(H,63,67)(H3,54,55,72)/t40?,46-/m0/s1. The number of nitrogens with zero attached hydrogens (tertiary/aromatic N) is 7. The van der Waals surface area contributed by atoms with Gasteiger partial charge >= 0.3 is 12.1 Å². The quantitative estimate of drug-likeness (QED) is 0.0326. The monoisotopic (exact) mass is 1010 g/mol. The van der Waals surface area contributed by atoms with E-state index in [1.54, 1.807) is 67.0 Å². The van der Waals surface area contributed by atoms with Crippen molar-refractivity contribution in [1.29, 1.82) is 0 Å². The second kappa shape index (κ2) is 25.0. The first kappa shape index (κ1) is 53.0. The van der Waals surface area contributed by atoms with Gasteiger partial charge in [-0.15, -0.1) is 0 Å². The van der Waals surface area contributed by atoms with Crippen molar-refractivity contribution in [3.8, 4) is 22.6 Å². The number of anilines is 1. The molecule has 1 aliphatic rings. The maximum Gasteiger partial charge on any atom is 0.410 e. The van der Waals surface area contributed by atoms with Gasteiger partial charge in [0.15, 0.2) is 5.65 Å². The number of fused-ring (bicyclic) bond motifs is 1. The molecule has 0 saturated carbocycles. The largest absolute Gasteiger partial charge is 0.445 e. The van der Waals surface area contributed by atoms with Crippen molar-refractivity contribution < 1.29 is 42.7 Å². The molecule has 21 nitrogen and oxygen atoms in total. The normalized spacial score (nSPS) is 13.0. The first-order valence-electron chi connectivity index (χ1n) is 24.2. The van der Waals surface area contributed by atoms with Crippen LogP contribution < -0.4 is 27.0 Å². The van der Waals surface area contributed by atoms with Crippen molar-refractivity contribution in [3.05, 3.63) is 132 Å². The lowest BCUT2D eigenvalue weighted by molar-refractivity contribution is -0.137. The number of benzene rings is 2. The molecule has 0 aliphatic carbocycles. The molecular weight excluding hydrogens is 954 g/mol. The molecule has 5 heterocycles. The van der Waals surface area contributed by atoms with E-state index in [1.165, 1.54) is 29.4 Å². The van der Waals surface area contributed by atoms with Crippen molar-refractivity contribution in [3.63, 3.8) is 0 Å². The van der Waals surface area contributed by atoms with Crippen molar-refractivity contribution in [2.24, 2.45) is 11.7 Å². The van der Waals surface area contributed by atoms with Crippen LogP contribution in [0.3, 0.4) is 0 Å². The number of aromatic nitrogens is 6. The Kier molecular flexibility index (Phi) is 17.9. The van der Waals surface area contributed by atoms with Gasteiger partial charge in [0, 0.05) is 60.4 Å². The minimum absolute atomic E-state index is 0.101. The van der Waals surface area contributed by atoms with Crippen LogP contribution in [0.5, 0.6) is 0 Å². The number of nitrogens with one attached hydrogen (secondary N) is 5. The lowest BCUT2D eigenvalue weighted by Gasteiger charge is -2.25. The molecule has 2 aromatic carbocycles. The van der Waals surface area contributed by atoms with Crippen LogP contribution in [-0.4, -0.2) is 106 Å². The van der Waals surface area contributed by atoms with E-state index >= 15 is 4.39 Å². The number of imide groups is 1. The van der Waals surface area contributed by atoms with Crippen molar-refractivity contribution in [1.82, 2.24) is 55.3 Å². The molecule has 0 spiro atoms. The molecule has 1 aliphatic heterocycles. The molecule has 0 saturated heterocycles. The summed E-state index contributed by atoms with van der Waals surface area (Å²) in [6.07, 6.45) is 6.96. The number of carbonyl (C=O) groups excluding carboxylic acids is 7. The fourth-order valence-electron chi connectivity index (χ4n) is 8.09. The third-order valence-electron chi connectivity index (χ3n) is 12.0. The number of hydrogen-bond acceptors (Lipinski definition) is 12. The van der Waals surface area contributed by atoms with Crippen LogP contribution >= 0.6 is 0 Å². The number of hydrogen-bond donors (Lipinski definition) is 6. The van der Waals surface area contributed by atoms with Crippen molar-refractivity contribution >= 4 is 53.0 Å². The molecule has 7 N–H and O–H groups in total. The van der Waals surface area contributed by atoms with Crippen LogP contribution in [0.25, 0.3) is 28.3 Å². The average molecular weight is 1010 g/mol.